The molecule has 2 heterocycles. The molecule has 1 aromatic carbocycles. The predicted molar refractivity (Wildman–Crippen MR) is 112 cm³/mol. The fourth-order valence-electron chi connectivity index (χ4n) is 3.66. The number of likely N-dealkylation sites (N-methyl/N-ethyl adjacent to an activating group) is 1. The number of aryl methyl sites for hydroxylation is 1. The standard InChI is InChI=1S/C21H23ClFN5O/c1-3-14-18(23)20(26-11-25-14)24-10-16(12-8-9-12)28(2)21(29)19-17(22)13-6-4-5-7-15(13)27-19/h4-7,11-12,16,27H,3,8-10H2,1-2H3,(H,24,25,26). The minimum absolute atomic E-state index is 0.0931. The number of amides is 1. The SMILES string of the molecule is CCc1ncnc(NCC(C2CC2)N(C)C(=O)c2[nH]c3ccccc3c2Cl)c1F. The summed E-state index contributed by atoms with van der Waals surface area (Å²) < 4.78 is 14.4. The number of aromatic nitrogens is 3. The molecule has 1 aliphatic carbocycles. The van der Waals surface area contributed by atoms with Crippen LogP contribution in [0.2, 0.25) is 5.02 Å². The number of anilines is 1. The molecule has 0 saturated heterocycles. The first kappa shape index (κ1) is 19.6. The molecule has 0 radical (unpaired) electrons. The van der Waals surface area contributed by atoms with Gasteiger partial charge in [0.05, 0.1) is 16.8 Å². The molecule has 152 valence electrons. The molecular weight excluding hydrogens is 393 g/mol. The zero-order chi connectivity index (χ0) is 20.5. The lowest BCUT2D eigenvalue weighted by molar-refractivity contribution is 0.0717. The van der Waals surface area contributed by atoms with Crippen molar-refractivity contribution < 1.29 is 9.18 Å². The van der Waals surface area contributed by atoms with E-state index in [1.54, 1.807) is 11.9 Å². The molecule has 1 unspecified atom stereocenters. The Morgan fingerprint density at radius 3 is 2.83 bits per heavy atom. The number of benzene rings is 1. The zero-order valence-electron chi connectivity index (χ0n) is 16.4. The van der Waals surface area contributed by atoms with Gasteiger partial charge >= 0.3 is 0 Å². The maximum Gasteiger partial charge on any atom is 0.271 e. The molecule has 1 atom stereocenters. The van der Waals surface area contributed by atoms with Crippen molar-refractivity contribution in [3.05, 3.63) is 52.8 Å². The topological polar surface area (TPSA) is 73.9 Å². The van der Waals surface area contributed by atoms with Crippen LogP contribution in [-0.2, 0) is 6.42 Å². The van der Waals surface area contributed by atoms with Gasteiger partial charge in [-0.1, -0.05) is 36.7 Å². The molecule has 6 nitrogen and oxygen atoms in total. The van der Waals surface area contributed by atoms with Gasteiger partial charge in [0.25, 0.3) is 5.91 Å². The summed E-state index contributed by atoms with van der Waals surface area (Å²) in [4.78, 5) is 26.0. The Morgan fingerprint density at radius 1 is 1.38 bits per heavy atom. The molecule has 1 saturated carbocycles. The van der Waals surface area contributed by atoms with Gasteiger partial charge in [-0.05, 0) is 31.2 Å². The number of H-pyrrole nitrogens is 1. The summed E-state index contributed by atoms with van der Waals surface area (Å²) in [6.45, 7) is 2.25. The third kappa shape index (κ3) is 3.79. The minimum Gasteiger partial charge on any atom is -0.365 e. The number of carbonyl (C=O) groups excluding carboxylic acids is 1. The Kier molecular flexibility index (Phi) is 5.41. The maximum atomic E-state index is 14.4. The molecule has 0 aliphatic heterocycles. The van der Waals surface area contributed by atoms with Crippen molar-refractivity contribution >= 4 is 34.2 Å². The smallest absolute Gasteiger partial charge is 0.271 e. The lowest BCUT2D eigenvalue weighted by Gasteiger charge is -2.28. The van der Waals surface area contributed by atoms with Crippen LogP contribution in [0.25, 0.3) is 10.9 Å². The molecule has 0 bridgehead atoms. The van der Waals surface area contributed by atoms with Crippen LogP contribution >= 0.6 is 11.6 Å². The summed E-state index contributed by atoms with van der Waals surface area (Å²) in [7, 11) is 1.77. The Bertz CT molecular complexity index is 1050. The summed E-state index contributed by atoms with van der Waals surface area (Å²) >= 11 is 6.46. The number of rotatable bonds is 7. The quantitative estimate of drug-likeness (QED) is 0.604. The van der Waals surface area contributed by atoms with Crippen molar-refractivity contribution in [2.75, 3.05) is 18.9 Å². The summed E-state index contributed by atoms with van der Waals surface area (Å²) in [6.07, 6.45) is 3.93. The Morgan fingerprint density at radius 2 is 2.14 bits per heavy atom. The fraction of sp³-hybridized carbons (Fsp3) is 0.381. The fourth-order valence-corrected chi connectivity index (χ4v) is 3.95. The van der Waals surface area contributed by atoms with Crippen LogP contribution in [0.15, 0.2) is 30.6 Å². The normalized spacial score (nSPS) is 14.8. The van der Waals surface area contributed by atoms with E-state index in [-0.39, 0.29) is 17.8 Å². The van der Waals surface area contributed by atoms with E-state index in [0.717, 1.165) is 23.7 Å². The third-order valence-corrected chi connectivity index (χ3v) is 5.91. The monoisotopic (exact) mass is 415 g/mol. The molecular formula is C21H23ClFN5O. The molecule has 29 heavy (non-hydrogen) atoms. The van der Waals surface area contributed by atoms with Crippen molar-refractivity contribution in [2.24, 2.45) is 5.92 Å². The molecule has 1 amide bonds. The van der Waals surface area contributed by atoms with Crippen LogP contribution in [0.4, 0.5) is 10.2 Å². The van der Waals surface area contributed by atoms with Gasteiger partial charge in [-0.3, -0.25) is 4.79 Å². The van der Waals surface area contributed by atoms with Crippen LogP contribution < -0.4 is 5.32 Å². The minimum atomic E-state index is -0.433. The highest BCUT2D eigenvalue weighted by atomic mass is 35.5. The number of nitrogens with one attached hydrogen (secondary N) is 2. The second kappa shape index (κ2) is 7.99. The van der Waals surface area contributed by atoms with Crippen LogP contribution in [0.3, 0.4) is 0 Å². The van der Waals surface area contributed by atoms with Crippen molar-refractivity contribution in [3.63, 3.8) is 0 Å². The number of hydrogen-bond donors (Lipinski definition) is 2. The highest BCUT2D eigenvalue weighted by molar-refractivity contribution is 6.38. The van der Waals surface area contributed by atoms with Crippen molar-refractivity contribution in [1.29, 1.82) is 0 Å². The van der Waals surface area contributed by atoms with Crippen LogP contribution in [0.1, 0.15) is 35.9 Å². The Hall–Kier alpha value is -2.67. The first-order valence-electron chi connectivity index (χ1n) is 9.77. The average Bonchev–Trinajstić information content (AvgIpc) is 3.52. The highest BCUT2D eigenvalue weighted by Gasteiger charge is 2.37. The second-order valence-electron chi connectivity index (χ2n) is 7.40. The summed E-state index contributed by atoms with van der Waals surface area (Å²) in [5.74, 6) is -0.0679. The predicted octanol–water partition coefficient (Wildman–Crippen LogP) is 4.28. The van der Waals surface area contributed by atoms with Crippen LogP contribution in [0.5, 0.6) is 0 Å². The van der Waals surface area contributed by atoms with Gasteiger partial charge in [0.15, 0.2) is 11.6 Å². The highest BCUT2D eigenvalue weighted by Crippen LogP contribution is 2.36. The van der Waals surface area contributed by atoms with Gasteiger partial charge in [0, 0.05) is 24.5 Å². The van der Waals surface area contributed by atoms with Crippen molar-refractivity contribution in [2.45, 2.75) is 32.2 Å². The van der Waals surface area contributed by atoms with E-state index in [0.29, 0.717) is 35.3 Å². The Balaban J connectivity index is 1.54. The van der Waals surface area contributed by atoms with E-state index in [2.05, 4.69) is 20.3 Å². The third-order valence-electron chi connectivity index (χ3n) is 5.52. The summed E-state index contributed by atoms with van der Waals surface area (Å²) in [5, 5.41) is 4.32. The molecule has 2 aromatic heterocycles. The molecule has 3 aromatic rings. The molecule has 4 rings (SSSR count). The van der Waals surface area contributed by atoms with Crippen molar-refractivity contribution in [1.82, 2.24) is 19.9 Å². The first-order chi connectivity index (χ1) is 14.0. The van der Waals surface area contributed by atoms with Gasteiger partial charge in [-0.15, -0.1) is 0 Å². The van der Waals surface area contributed by atoms with E-state index in [1.807, 2.05) is 31.2 Å². The number of fused-ring (bicyclic) bond motifs is 1. The van der Waals surface area contributed by atoms with Crippen LogP contribution in [0, 0.1) is 11.7 Å². The number of aromatic amines is 1. The molecule has 0 spiro atoms. The van der Waals surface area contributed by atoms with Gasteiger partial charge in [0.2, 0.25) is 0 Å². The molecule has 2 N–H and O–H groups in total. The number of carbonyl (C=O) groups is 1. The van der Waals surface area contributed by atoms with E-state index < -0.39 is 5.82 Å². The maximum absolute atomic E-state index is 14.4. The molecule has 8 heteroatoms. The number of nitrogens with zero attached hydrogens (tertiary/aromatic N) is 3. The average molecular weight is 416 g/mol. The first-order valence-corrected chi connectivity index (χ1v) is 10.2. The van der Waals surface area contributed by atoms with E-state index in [9.17, 15) is 9.18 Å². The zero-order valence-corrected chi connectivity index (χ0v) is 17.1. The van der Waals surface area contributed by atoms with Gasteiger partial charge in [-0.25, -0.2) is 14.4 Å². The summed E-state index contributed by atoms with van der Waals surface area (Å²) in [6, 6.07) is 7.46. The van der Waals surface area contributed by atoms with Gasteiger partial charge in [0.1, 0.15) is 12.0 Å². The molecule has 1 aliphatic rings. The summed E-state index contributed by atoms with van der Waals surface area (Å²) in [5.41, 5.74) is 1.58. The van der Waals surface area contributed by atoms with E-state index in [1.165, 1.54) is 6.33 Å². The van der Waals surface area contributed by atoms with Gasteiger partial charge in [-0.2, -0.15) is 0 Å². The van der Waals surface area contributed by atoms with Crippen LogP contribution in [-0.4, -0.2) is 45.4 Å². The molecule has 1 fully saturated rings. The lowest BCUT2D eigenvalue weighted by Crippen LogP contribution is -2.43. The lowest BCUT2D eigenvalue weighted by atomic mass is 10.1. The van der Waals surface area contributed by atoms with Crippen molar-refractivity contribution in [3.8, 4) is 0 Å². The number of para-hydroxylation sites is 1. The number of halogens is 2. The largest absolute Gasteiger partial charge is 0.365 e. The van der Waals surface area contributed by atoms with E-state index in [4.69, 9.17) is 11.6 Å². The number of hydrogen-bond acceptors (Lipinski definition) is 4. The van der Waals surface area contributed by atoms with E-state index >= 15 is 0 Å². The van der Waals surface area contributed by atoms with Gasteiger partial charge < -0.3 is 15.2 Å². The second-order valence-corrected chi connectivity index (χ2v) is 7.78. The Labute approximate surface area is 173 Å².